The van der Waals surface area contributed by atoms with Crippen molar-refractivity contribution in [2.75, 3.05) is 0 Å². The number of aliphatic carboxylic acids is 1. The van der Waals surface area contributed by atoms with Crippen molar-refractivity contribution < 1.29 is 49.4 Å². The fourth-order valence-electron chi connectivity index (χ4n) is 2.77. The van der Waals surface area contributed by atoms with E-state index in [-0.39, 0.29) is 52.5 Å². The van der Waals surface area contributed by atoms with E-state index >= 15 is 0 Å². The van der Waals surface area contributed by atoms with E-state index in [1.807, 2.05) is 13.8 Å². The van der Waals surface area contributed by atoms with Crippen LogP contribution >= 0.6 is 11.8 Å². The number of carboxylic acid groups (broad SMARTS) is 1. The fourth-order valence-corrected chi connectivity index (χ4v) is 3.89. The maximum atomic E-state index is 12.2. The Bertz CT molecular complexity index is 477. The molecule has 20 heavy (non-hydrogen) atoms. The number of hydrogen-bond donors (Lipinski definition) is 1. The summed E-state index contributed by atoms with van der Waals surface area (Å²) in [6.07, 6.45) is -0.313. The summed E-state index contributed by atoms with van der Waals surface area (Å²) in [6.45, 7) is 7.20. The molecule has 1 N–H and O–H groups in total. The van der Waals surface area contributed by atoms with Gasteiger partial charge in [-0.15, -0.1) is 11.8 Å². The van der Waals surface area contributed by atoms with Gasteiger partial charge in [0.15, 0.2) is 0 Å². The third kappa shape index (κ3) is 2.46. The standard InChI is InChI=1S/C13H19NO4S.Na/c1-6(2)19-8-5-9-13(4,7(3)15)12(18)14(9)10(8)11(16)17;/h6-7,9,15H,5H2,1-4H3,(H,16,17);/q;+1/p-1. The van der Waals surface area contributed by atoms with E-state index in [0.717, 1.165) is 0 Å². The second kappa shape index (κ2) is 6.01. The molecule has 5 nitrogen and oxygen atoms in total. The minimum absolute atomic E-state index is 0. The first-order valence-corrected chi connectivity index (χ1v) is 7.22. The van der Waals surface area contributed by atoms with Crippen molar-refractivity contribution in [2.45, 2.75) is 51.5 Å². The minimum atomic E-state index is -1.31. The summed E-state index contributed by atoms with van der Waals surface area (Å²) < 4.78 is 0. The van der Waals surface area contributed by atoms with Gasteiger partial charge in [-0.25, -0.2) is 0 Å². The first kappa shape index (κ1) is 18.0. The molecule has 7 heteroatoms. The zero-order valence-corrected chi connectivity index (χ0v) is 15.3. The molecule has 0 saturated carbocycles. The Morgan fingerprint density at radius 2 is 2.05 bits per heavy atom. The minimum Gasteiger partial charge on any atom is -0.543 e. The molecule has 0 bridgehead atoms. The van der Waals surface area contributed by atoms with Gasteiger partial charge in [0.25, 0.3) is 0 Å². The Labute approximate surface area is 145 Å². The normalized spacial score (nSPS) is 30.0. The number of carboxylic acids is 1. The van der Waals surface area contributed by atoms with Crippen molar-refractivity contribution in [1.29, 1.82) is 0 Å². The smallest absolute Gasteiger partial charge is 0.543 e. The third-order valence-electron chi connectivity index (χ3n) is 4.01. The SMILES string of the molecule is CC(C)SC1=C(C(=O)[O-])N2C(=O)C(C)(C(C)O)C2C1.[Na+]. The van der Waals surface area contributed by atoms with Crippen molar-refractivity contribution >= 4 is 23.6 Å². The summed E-state index contributed by atoms with van der Waals surface area (Å²) in [5, 5.41) is 21.3. The van der Waals surface area contributed by atoms with Gasteiger partial charge in [0.1, 0.15) is 0 Å². The average molecular weight is 307 g/mol. The molecule has 3 unspecified atom stereocenters. The molecule has 1 saturated heterocycles. The van der Waals surface area contributed by atoms with Gasteiger partial charge in [0.2, 0.25) is 5.91 Å². The molecule has 0 spiro atoms. The molecule has 2 aliphatic rings. The molecular weight excluding hydrogens is 289 g/mol. The van der Waals surface area contributed by atoms with Crippen molar-refractivity contribution in [2.24, 2.45) is 5.41 Å². The van der Waals surface area contributed by atoms with Crippen LogP contribution in [0, 0.1) is 5.41 Å². The number of amides is 1. The number of fused-ring (bicyclic) bond motifs is 1. The molecule has 2 rings (SSSR count). The van der Waals surface area contributed by atoms with Crippen molar-refractivity contribution in [3.8, 4) is 0 Å². The van der Waals surface area contributed by atoms with E-state index in [2.05, 4.69) is 0 Å². The Morgan fingerprint density at radius 1 is 1.50 bits per heavy atom. The molecule has 3 atom stereocenters. The van der Waals surface area contributed by atoms with E-state index in [9.17, 15) is 19.8 Å². The molecule has 0 aromatic heterocycles. The van der Waals surface area contributed by atoms with Crippen molar-refractivity contribution in [3.05, 3.63) is 10.6 Å². The zero-order valence-electron chi connectivity index (χ0n) is 12.5. The number of aliphatic hydroxyl groups excluding tert-OH is 1. The molecule has 2 aliphatic heterocycles. The predicted molar refractivity (Wildman–Crippen MR) is 69.8 cm³/mol. The van der Waals surface area contributed by atoms with E-state index in [1.54, 1.807) is 13.8 Å². The van der Waals surface area contributed by atoms with Crippen LogP contribution in [0.2, 0.25) is 0 Å². The summed E-state index contributed by atoms with van der Waals surface area (Å²) in [7, 11) is 0. The third-order valence-corrected chi connectivity index (χ3v) is 5.12. The summed E-state index contributed by atoms with van der Waals surface area (Å²) >= 11 is 1.44. The largest absolute Gasteiger partial charge is 1.00 e. The summed E-state index contributed by atoms with van der Waals surface area (Å²) in [5.74, 6) is -1.64. The summed E-state index contributed by atoms with van der Waals surface area (Å²) in [5.41, 5.74) is -0.896. The number of β-lactam (4-membered cyclic amide) rings is 1. The van der Waals surface area contributed by atoms with Gasteiger partial charge in [0, 0.05) is 16.6 Å². The molecule has 1 fully saturated rings. The van der Waals surface area contributed by atoms with Crippen LogP contribution in [-0.2, 0) is 9.59 Å². The molecule has 1 amide bonds. The van der Waals surface area contributed by atoms with Gasteiger partial charge in [-0.3, -0.25) is 4.79 Å². The van der Waals surface area contributed by atoms with Crippen LogP contribution in [0.5, 0.6) is 0 Å². The van der Waals surface area contributed by atoms with Crippen LogP contribution in [-0.4, -0.2) is 39.3 Å². The monoisotopic (exact) mass is 307 g/mol. The van der Waals surface area contributed by atoms with E-state index < -0.39 is 17.5 Å². The van der Waals surface area contributed by atoms with Crippen LogP contribution in [0.25, 0.3) is 0 Å². The second-order valence-corrected chi connectivity index (χ2v) is 7.25. The van der Waals surface area contributed by atoms with Gasteiger partial charge in [-0.2, -0.15) is 0 Å². The number of carbonyl (C=O) groups is 2. The molecule has 106 valence electrons. The van der Waals surface area contributed by atoms with Crippen LogP contribution in [0.1, 0.15) is 34.1 Å². The summed E-state index contributed by atoms with van der Waals surface area (Å²) in [4.78, 5) is 25.4. The first-order valence-electron chi connectivity index (χ1n) is 6.34. The zero-order chi connectivity index (χ0) is 14.5. The van der Waals surface area contributed by atoms with Crippen LogP contribution in [0.15, 0.2) is 10.6 Å². The van der Waals surface area contributed by atoms with Crippen LogP contribution in [0.4, 0.5) is 0 Å². The molecule has 0 aromatic rings. The quantitative estimate of drug-likeness (QED) is 0.445. The Balaban J connectivity index is 0.00000200. The fraction of sp³-hybridized carbons (Fsp3) is 0.692. The molecule has 0 aromatic carbocycles. The summed E-state index contributed by atoms with van der Waals surface area (Å²) in [6, 6.07) is -0.269. The van der Waals surface area contributed by atoms with Gasteiger partial charge in [0.05, 0.1) is 29.2 Å². The Hall–Kier alpha value is -0.0100. The van der Waals surface area contributed by atoms with Crippen molar-refractivity contribution in [3.63, 3.8) is 0 Å². The van der Waals surface area contributed by atoms with Crippen LogP contribution in [0.3, 0.4) is 0 Å². The maximum absolute atomic E-state index is 12.2. The predicted octanol–water partition coefficient (Wildman–Crippen LogP) is -2.90. The number of thioether (sulfide) groups is 1. The number of aliphatic hydroxyl groups is 1. The molecule has 2 heterocycles. The molecular formula is C13H18NNaO4S. The molecule has 0 aliphatic carbocycles. The van der Waals surface area contributed by atoms with Gasteiger partial charge in [-0.1, -0.05) is 13.8 Å². The van der Waals surface area contributed by atoms with Gasteiger partial charge < -0.3 is 19.9 Å². The maximum Gasteiger partial charge on any atom is 1.00 e. The second-order valence-electron chi connectivity index (χ2n) is 5.58. The number of carbonyl (C=O) groups excluding carboxylic acids is 2. The van der Waals surface area contributed by atoms with Crippen molar-refractivity contribution in [1.82, 2.24) is 4.90 Å². The number of nitrogens with zero attached hydrogens (tertiary/aromatic N) is 1. The van der Waals surface area contributed by atoms with Gasteiger partial charge >= 0.3 is 29.6 Å². The van der Waals surface area contributed by atoms with E-state index in [1.165, 1.54) is 16.7 Å². The number of rotatable bonds is 4. The Morgan fingerprint density at radius 3 is 2.45 bits per heavy atom. The first-order chi connectivity index (χ1) is 8.71. The Kier molecular flexibility index (Phi) is 5.42. The molecule has 0 radical (unpaired) electrons. The van der Waals surface area contributed by atoms with E-state index in [4.69, 9.17) is 0 Å². The average Bonchev–Trinajstić information content (AvgIpc) is 2.63. The topological polar surface area (TPSA) is 80.7 Å². The van der Waals surface area contributed by atoms with Crippen LogP contribution < -0.4 is 34.7 Å². The van der Waals surface area contributed by atoms with E-state index in [0.29, 0.717) is 11.3 Å². The van der Waals surface area contributed by atoms with Gasteiger partial charge in [-0.05, 0) is 13.8 Å². The number of hydrogen-bond acceptors (Lipinski definition) is 5.